The molecule has 0 bridgehead atoms. The Morgan fingerprint density at radius 2 is 2.10 bits per heavy atom. The standard InChI is InChI=1S/C17H26N2O/c1-4-12-20-16-6-7-17-15(13-16)8-11-19(17)10-5-9-18-14(2)3/h6-8,11,13-14,18H,4-5,9-10,12H2,1-3H3. The van der Waals surface area contributed by atoms with Gasteiger partial charge in [-0.3, -0.25) is 0 Å². The third kappa shape index (κ3) is 4.01. The molecule has 1 aromatic heterocycles. The number of hydrogen-bond acceptors (Lipinski definition) is 2. The van der Waals surface area contributed by atoms with Crippen molar-refractivity contribution in [2.24, 2.45) is 0 Å². The number of fused-ring (bicyclic) bond motifs is 1. The molecule has 0 spiro atoms. The molecule has 0 atom stereocenters. The second kappa shape index (κ2) is 7.34. The van der Waals surface area contributed by atoms with Gasteiger partial charge in [0.25, 0.3) is 0 Å². The minimum atomic E-state index is 0.565. The smallest absolute Gasteiger partial charge is 0.120 e. The monoisotopic (exact) mass is 274 g/mol. The van der Waals surface area contributed by atoms with Crippen LogP contribution in [-0.2, 0) is 6.54 Å². The van der Waals surface area contributed by atoms with E-state index in [0.29, 0.717) is 6.04 Å². The Kier molecular flexibility index (Phi) is 5.48. The largest absolute Gasteiger partial charge is 0.494 e. The van der Waals surface area contributed by atoms with Crippen LogP contribution in [0.15, 0.2) is 30.5 Å². The Morgan fingerprint density at radius 1 is 1.25 bits per heavy atom. The minimum Gasteiger partial charge on any atom is -0.494 e. The van der Waals surface area contributed by atoms with Crippen LogP contribution in [0.3, 0.4) is 0 Å². The lowest BCUT2D eigenvalue weighted by Crippen LogP contribution is -2.24. The molecule has 3 heteroatoms. The van der Waals surface area contributed by atoms with Gasteiger partial charge in [0, 0.05) is 29.7 Å². The van der Waals surface area contributed by atoms with Crippen molar-refractivity contribution < 1.29 is 4.74 Å². The van der Waals surface area contributed by atoms with E-state index < -0.39 is 0 Å². The van der Waals surface area contributed by atoms with Crippen LogP contribution in [-0.4, -0.2) is 23.8 Å². The second-order valence-electron chi connectivity index (χ2n) is 5.54. The third-order valence-electron chi connectivity index (χ3n) is 3.34. The van der Waals surface area contributed by atoms with E-state index in [1.807, 2.05) is 0 Å². The summed E-state index contributed by atoms with van der Waals surface area (Å²) in [6.45, 7) is 9.40. The Bertz CT molecular complexity index is 531. The molecule has 110 valence electrons. The van der Waals surface area contributed by atoms with Gasteiger partial charge in [-0.25, -0.2) is 0 Å². The first-order valence-corrected chi connectivity index (χ1v) is 7.65. The van der Waals surface area contributed by atoms with Gasteiger partial charge in [-0.1, -0.05) is 20.8 Å². The summed E-state index contributed by atoms with van der Waals surface area (Å²) in [6, 6.07) is 9.10. The maximum Gasteiger partial charge on any atom is 0.120 e. The third-order valence-corrected chi connectivity index (χ3v) is 3.34. The van der Waals surface area contributed by atoms with E-state index in [2.05, 4.69) is 61.1 Å². The van der Waals surface area contributed by atoms with Gasteiger partial charge >= 0.3 is 0 Å². The predicted octanol–water partition coefficient (Wildman–Crippen LogP) is 3.82. The Labute approximate surface area is 121 Å². The predicted molar refractivity (Wildman–Crippen MR) is 85.5 cm³/mol. The summed E-state index contributed by atoms with van der Waals surface area (Å²) in [5.41, 5.74) is 1.29. The molecule has 0 saturated heterocycles. The first-order chi connectivity index (χ1) is 9.70. The summed E-state index contributed by atoms with van der Waals surface area (Å²) in [5.74, 6) is 0.971. The van der Waals surface area contributed by atoms with Crippen LogP contribution >= 0.6 is 0 Å². The lowest BCUT2D eigenvalue weighted by molar-refractivity contribution is 0.318. The summed E-state index contributed by atoms with van der Waals surface area (Å²) < 4.78 is 8.00. The molecular weight excluding hydrogens is 248 g/mol. The first-order valence-electron chi connectivity index (χ1n) is 7.65. The first kappa shape index (κ1) is 14.9. The van der Waals surface area contributed by atoms with E-state index in [4.69, 9.17) is 4.74 Å². The van der Waals surface area contributed by atoms with E-state index >= 15 is 0 Å². The highest BCUT2D eigenvalue weighted by molar-refractivity contribution is 5.81. The zero-order valence-corrected chi connectivity index (χ0v) is 12.9. The van der Waals surface area contributed by atoms with Crippen LogP contribution in [0.5, 0.6) is 5.75 Å². The Hall–Kier alpha value is -1.48. The molecule has 3 nitrogen and oxygen atoms in total. The average Bonchev–Trinajstić information content (AvgIpc) is 2.83. The van der Waals surface area contributed by atoms with Gasteiger partial charge in [0.05, 0.1) is 6.61 Å². The molecule has 2 aromatic rings. The molecule has 1 N–H and O–H groups in total. The molecule has 0 fully saturated rings. The van der Waals surface area contributed by atoms with Crippen molar-refractivity contribution in [3.8, 4) is 5.75 Å². The number of ether oxygens (including phenoxy) is 1. The molecule has 0 saturated carbocycles. The fourth-order valence-corrected chi connectivity index (χ4v) is 2.32. The van der Waals surface area contributed by atoms with Crippen molar-refractivity contribution in [1.82, 2.24) is 9.88 Å². The highest BCUT2D eigenvalue weighted by Gasteiger charge is 2.03. The molecule has 1 heterocycles. The topological polar surface area (TPSA) is 26.2 Å². The van der Waals surface area contributed by atoms with E-state index in [1.165, 1.54) is 10.9 Å². The number of benzene rings is 1. The summed E-state index contributed by atoms with van der Waals surface area (Å²) in [6.07, 6.45) is 4.36. The van der Waals surface area contributed by atoms with Crippen molar-refractivity contribution in [2.75, 3.05) is 13.2 Å². The average molecular weight is 274 g/mol. The van der Waals surface area contributed by atoms with Crippen LogP contribution in [0.4, 0.5) is 0 Å². The fraction of sp³-hybridized carbons (Fsp3) is 0.529. The van der Waals surface area contributed by atoms with Gasteiger partial charge in [0.2, 0.25) is 0 Å². The van der Waals surface area contributed by atoms with E-state index in [1.54, 1.807) is 0 Å². The van der Waals surface area contributed by atoms with Crippen LogP contribution in [0.1, 0.15) is 33.6 Å². The molecule has 20 heavy (non-hydrogen) atoms. The molecule has 1 aromatic carbocycles. The number of aryl methyl sites for hydroxylation is 1. The van der Waals surface area contributed by atoms with Crippen molar-refractivity contribution >= 4 is 10.9 Å². The van der Waals surface area contributed by atoms with Crippen molar-refractivity contribution in [1.29, 1.82) is 0 Å². The number of rotatable bonds is 8. The number of nitrogens with one attached hydrogen (secondary N) is 1. The normalized spacial score (nSPS) is 11.4. The summed E-state index contributed by atoms with van der Waals surface area (Å²) in [4.78, 5) is 0. The highest BCUT2D eigenvalue weighted by Crippen LogP contribution is 2.22. The lowest BCUT2D eigenvalue weighted by Gasteiger charge is -2.09. The summed E-state index contributed by atoms with van der Waals surface area (Å²) in [5, 5.41) is 4.71. The van der Waals surface area contributed by atoms with Gasteiger partial charge in [-0.15, -0.1) is 0 Å². The van der Waals surface area contributed by atoms with Gasteiger partial charge in [0.15, 0.2) is 0 Å². The Balaban J connectivity index is 1.97. The number of hydrogen-bond donors (Lipinski definition) is 1. The van der Waals surface area contributed by atoms with Gasteiger partial charge < -0.3 is 14.6 Å². The SMILES string of the molecule is CCCOc1ccc2c(ccn2CCCNC(C)C)c1. The second-order valence-corrected chi connectivity index (χ2v) is 5.54. The highest BCUT2D eigenvalue weighted by atomic mass is 16.5. The van der Waals surface area contributed by atoms with Crippen LogP contribution in [0.25, 0.3) is 10.9 Å². The molecule has 0 aliphatic heterocycles. The molecule has 0 amide bonds. The van der Waals surface area contributed by atoms with Crippen molar-refractivity contribution in [3.05, 3.63) is 30.5 Å². The minimum absolute atomic E-state index is 0.565. The summed E-state index contributed by atoms with van der Waals surface area (Å²) >= 11 is 0. The lowest BCUT2D eigenvalue weighted by atomic mass is 10.2. The Morgan fingerprint density at radius 3 is 2.85 bits per heavy atom. The molecule has 0 aliphatic carbocycles. The summed E-state index contributed by atoms with van der Waals surface area (Å²) in [7, 11) is 0. The maximum absolute atomic E-state index is 5.68. The zero-order valence-electron chi connectivity index (χ0n) is 12.9. The van der Waals surface area contributed by atoms with E-state index in [0.717, 1.165) is 38.3 Å². The van der Waals surface area contributed by atoms with E-state index in [-0.39, 0.29) is 0 Å². The molecule has 0 aliphatic rings. The molecular formula is C17H26N2O. The molecule has 2 rings (SSSR count). The van der Waals surface area contributed by atoms with Gasteiger partial charge in [-0.05, 0) is 43.7 Å². The fourth-order valence-electron chi connectivity index (χ4n) is 2.32. The van der Waals surface area contributed by atoms with Crippen LogP contribution < -0.4 is 10.1 Å². The molecule has 0 radical (unpaired) electrons. The van der Waals surface area contributed by atoms with Gasteiger partial charge in [-0.2, -0.15) is 0 Å². The van der Waals surface area contributed by atoms with Crippen molar-refractivity contribution in [3.63, 3.8) is 0 Å². The quantitative estimate of drug-likeness (QED) is 0.741. The number of aromatic nitrogens is 1. The van der Waals surface area contributed by atoms with Crippen LogP contribution in [0, 0.1) is 0 Å². The van der Waals surface area contributed by atoms with E-state index in [9.17, 15) is 0 Å². The number of nitrogens with zero attached hydrogens (tertiary/aromatic N) is 1. The van der Waals surface area contributed by atoms with Gasteiger partial charge in [0.1, 0.15) is 5.75 Å². The zero-order chi connectivity index (χ0) is 14.4. The van der Waals surface area contributed by atoms with Crippen molar-refractivity contribution in [2.45, 2.75) is 46.2 Å². The molecule has 0 unspecified atom stereocenters. The maximum atomic E-state index is 5.68. The van der Waals surface area contributed by atoms with Crippen LogP contribution in [0.2, 0.25) is 0 Å².